The van der Waals surface area contributed by atoms with Gasteiger partial charge >= 0.3 is 0 Å². The third-order valence-corrected chi connectivity index (χ3v) is 4.83. The Bertz CT molecular complexity index is 900. The van der Waals surface area contributed by atoms with Gasteiger partial charge in [0.15, 0.2) is 5.65 Å². The first-order chi connectivity index (χ1) is 12.6. The lowest BCUT2D eigenvalue weighted by molar-refractivity contribution is 0.265. The van der Waals surface area contributed by atoms with Gasteiger partial charge in [-0.1, -0.05) is 23.2 Å². The van der Waals surface area contributed by atoms with Crippen LogP contribution in [-0.2, 0) is 6.42 Å². The molecule has 0 unspecified atom stereocenters. The molecule has 2 aromatic heterocycles. The molecule has 0 amide bonds. The number of hydrogen-bond donors (Lipinski definition) is 2. The molecule has 3 aromatic rings. The Labute approximate surface area is 160 Å². The third kappa shape index (κ3) is 4.00. The zero-order chi connectivity index (χ0) is 18.5. The van der Waals surface area contributed by atoms with E-state index >= 15 is 0 Å². The van der Waals surface area contributed by atoms with Crippen LogP contribution in [0.1, 0.15) is 30.4 Å². The fraction of sp³-hybridized carbons (Fsp3) is 0.353. The zero-order valence-corrected chi connectivity index (χ0v) is 15.5. The molecular weight excluding hydrogens is 377 g/mol. The highest BCUT2D eigenvalue weighted by Crippen LogP contribution is 2.35. The monoisotopic (exact) mass is 395 g/mol. The van der Waals surface area contributed by atoms with Crippen LogP contribution >= 0.6 is 23.2 Å². The Morgan fingerprint density at radius 3 is 2.81 bits per heavy atom. The Hall–Kier alpha value is -2.09. The molecule has 9 heteroatoms. The molecule has 2 heterocycles. The number of aliphatic hydroxyl groups is 1. The number of nitrogens with two attached hydrogens (primary N) is 1. The number of ether oxygens (including phenoxy) is 1. The van der Waals surface area contributed by atoms with E-state index in [1.54, 1.807) is 12.3 Å². The minimum Gasteiger partial charge on any atom is -0.493 e. The van der Waals surface area contributed by atoms with E-state index in [0.29, 0.717) is 34.5 Å². The van der Waals surface area contributed by atoms with Gasteiger partial charge in [0.05, 0.1) is 22.8 Å². The molecule has 0 radical (unpaired) electrons. The quantitative estimate of drug-likeness (QED) is 0.568. The fourth-order valence-electron chi connectivity index (χ4n) is 2.64. The topological polar surface area (TPSA) is 98.6 Å². The van der Waals surface area contributed by atoms with Crippen LogP contribution in [0.15, 0.2) is 24.7 Å². The molecule has 0 bridgehead atoms. The maximum atomic E-state index is 8.84. The number of benzene rings is 1. The van der Waals surface area contributed by atoms with Crippen LogP contribution in [0.2, 0.25) is 10.0 Å². The van der Waals surface area contributed by atoms with Gasteiger partial charge in [0.2, 0.25) is 5.95 Å². The molecule has 26 heavy (non-hydrogen) atoms. The average molecular weight is 396 g/mol. The summed E-state index contributed by atoms with van der Waals surface area (Å²) in [6, 6.07) is 3.53. The number of unbranched alkanes of at least 4 members (excludes halogenated alkanes) is 2. The highest BCUT2D eigenvalue weighted by Gasteiger charge is 2.16. The van der Waals surface area contributed by atoms with Gasteiger partial charge in [-0.3, -0.25) is 0 Å². The molecular formula is C17H19Cl2N5O2. The van der Waals surface area contributed by atoms with Crippen LogP contribution in [0.5, 0.6) is 5.75 Å². The van der Waals surface area contributed by atoms with E-state index in [2.05, 4.69) is 15.1 Å². The lowest BCUT2D eigenvalue weighted by Crippen LogP contribution is -2.04. The number of rotatable bonds is 8. The smallest absolute Gasteiger partial charge is 0.224 e. The molecule has 138 valence electrons. The van der Waals surface area contributed by atoms with Gasteiger partial charge in [-0.2, -0.15) is 9.61 Å². The van der Waals surface area contributed by atoms with Crippen LogP contribution < -0.4 is 10.5 Å². The molecule has 7 nitrogen and oxygen atoms in total. The molecule has 0 saturated heterocycles. The minimum atomic E-state index is 0.192. The Morgan fingerprint density at radius 2 is 2.00 bits per heavy atom. The van der Waals surface area contributed by atoms with Crippen molar-refractivity contribution in [2.75, 3.05) is 18.9 Å². The first-order valence-corrected chi connectivity index (χ1v) is 9.01. The van der Waals surface area contributed by atoms with Crippen molar-refractivity contribution in [1.29, 1.82) is 0 Å². The standard InChI is InChI=1S/C17H19Cl2N5O2/c18-13-4-5-14(26-7-3-1-2-6-25)12(15(13)19)8-11-9-23-24-16(11)21-10-22-17(24)20/h4-5,9-10,25H,1-3,6-8H2,(H2,20,21,22). The van der Waals surface area contributed by atoms with E-state index in [9.17, 15) is 0 Å². The van der Waals surface area contributed by atoms with Crippen LogP contribution in [0.3, 0.4) is 0 Å². The van der Waals surface area contributed by atoms with Crippen LogP contribution in [0.25, 0.3) is 5.65 Å². The molecule has 3 rings (SSSR count). The highest BCUT2D eigenvalue weighted by atomic mass is 35.5. The zero-order valence-electron chi connectivity index (χ0n) is 14.0. The predicted molar refractivity (Wildman–Crippen MR) is 101 cm³/mol. The summed E-state index contributed by atoms with van der Waals surface area (Å²) in [6.45, 7) is 0.729. The molecule has 0 spiro atoms. The van der Waals surface area contributed by atoms with Crippen molar-refractivity contribution in [3.05, 3.63) is 45.8 Å². The molecule has 3 N–H and O–H groups in total. The number of hydrogen-bond acceptors (Lipinski definition) is 6. The summed E-state index contributed by atoms with van der Waals surface area (Å²) in [6.07, 6.45) is 6.04. The maximum Gasteiger partial charge on any atom is 0.224 e. The maximum absolute atomic E-state index is 8.84. The molecule has 0 aliphatic rings. The van der Waals surface area contributed by atoms with Crippen molar-refractivity contribution >= 4 is 34.8 Å². The van der Waals surface area contributed by atoms with Gasteiger partial charge in [0.1, 0.15) is 12.1 Å². The van der Waals surface area contributed by atoms with Gasteiger partial charge in [0, 0.05) is 24.2 Å². The molecule has 0 saturated carbocycles. The first-order valence-electron chi connectivity index (χ1n) is 8.25. The van der Waals surface area contributed by atoms with Gasteiger partial charge in [-0.15, -0.1) is 0 Å². The second-order valence-corrected chi connectivity index (χ2v) is 6.57. The van der Waals surface area contributed by atoms with Crippen LogP contribution in [0.4, 0.5) is 5.95 Å². The van der Waals surface area contributed by atoms with Crippen molar-refractivity contribution in [3.8, 4) is 5.75 Å². The summed E-state index contributed by atoms with van der Waals surface area (Å²) in [5.74, 6) is 0.934. The van der Waals surface area contributed by atoms with Crippen molar-refractivity contribution in [2.24, 2.45) is 0 Å². The summed E-state index contributed by atoms with van der Waals surface area (Å²) in [7, 11) is 0. The van der Waals surface area contributed by atoms with E-state index < -0.39 is 0 Å². The molecule has 0 atom stereocenters. The lowest BCUT2D eigenvalue weighted by atomic mass is 10.1. The van der Waals surface area contributed by atoms with Crippen molar-refractivity contribution in [1.82, 2.24) is 19.6 Å². The lowest BCUT2D eigenvalue weighted by Gasteiger charge is -2.14. The second-order valence-electron chi connectivity index (χ2n) is 5.78. The normalized spacial score (nSPS) is 11.2. The summed E-state index contributed by atoms with van der Waals surface area (Å²) in [4.78, 5) is 8.16. The SMILES string of the molecule is Nc1ncnc2c(Cc3c(OCCCCCO)ccc(Cl)c3Cl)cnn12. The number of aliphatic hydroxyl groups excluding tert-OH is 1. The molecule has 1 aromatic carbocycles. The van der Waals surface area contributed by atoms with Crippen molar-refractivity contribution < 1.29 is 9.84 Å². The van der Waals surface area contributed by atoms with E-state index in [0.717, 1.165) is 30.4 Å². The Balaban J connectivity index is 1.85. The number of nitrogens with zero attached hydrogens (tertiary/aromatic N) is 4. The first kappa shape index (κ1) is 18.7. The Morgan fingerprint density at radius 1 is 1.15 bits per heavy atom. The van der Waals surface area contributed by atoms with E-state index in [4.69, 9.17) is 38.8 Å². The number of fused-ring (bicyclic) bond motifs is 1. The number of anilines is 1. The minimum absolute atomic E-state index is 0.192. The second kappa shape index (κ2) is 8.53. The van der Waals surface area contributed by atoms with E-state index in [-0.39, 0.29) is 12.6 Å². The molecule has 0 fully saturated rings. The number of halogens is 2. The Kier molecular flexibility index (Phi) is 6.13. The number of nitrogen functional groups attached to an aromatic ring is 1. The van der Waals surface area contributed by atoms with E-state index in [1.807, 2.05) is 6.07 Å². The number of aromatic nitrogens is 4. The largest absolute Gasteiger partial charge is 0.493 e. The van der Waals surface area contributed by atoms with Gasteiger partial charge in [-0.25, -0.2) is 9.97 Å². The van der Waals surface area contributed by atoms with Crippen LogP contribution in [-0.4, -0.2) is 37.9 Å². The fourth-order valence-corrected chi connectivity index (χ4v) is 3.04. The van der Waals surface area contributed by atoms with Crippen LogP contribution in [0, 0.1) is 0 Å². The van der Waals surface area contributed by atoms with Crippen molar-refractivity contribution in [2.45, 2.75) is 25.7 Å². The highest BCUT2D eigenvalue weighted by molar-refractivity contribution is 6.42. The van der Waals surface area contributed by atoms with Gasteiger partial charge in [-0.05, 0) is 31.4 Å². The van der Waals surface area contributed by atoms with Gasteiger partial charge < -0.3 is 15.6 Å². The van der Waals surface area contributed by atoms with E-state index in [1.165, 1.54) is 10.8 Å². The summed E-state index contributed by atoms with van der Waals surface area (Å²) < 4.78 is 7.37. The van der Waals surface area contributed by atoms with Crippen molar-refractivity contribution in [3.63, 3.8) is 0 Å². The summed E-state index contributed by atoms with van der Waals surface area (Å²) in [5, 5.41) is 14.0. The van der Waals surface area contributed by atoms with Gasteiger partial charge in [0.25, 0.3) is 0 Å². The average Bonchev–Trinajstić information content (AvgIpc) is 3.05. The third-order valence-electron chi connectivity index (χ3n) is 3.98. The summed E-state index contributed by atoms with van der Waals surface area (Å²) >= 11 is 12.6. The summed E-state index contributed by atoms with van der Waals surface area (Å²) in [5.41, 5.74) is 8.04. The predicted octanol–water partition coefficient (Wildman–Crippen LogP) is 3.15. The molecule has 0 aliphatic heterocycles. The molecule has 0 aliphatic carbocycles.